The Morgan fingerprint density at radius 3 is 2.88 bits per heavy atom. The fourth-order valence-electron chi connectivity index (χ4n) is 1.56. The summed E-state index contributed by atoms with van der Waals surface area (Å²) in [5, 5.41) is 3.34. The van der Waals surface area contributed by atoms with Crippen molar-refractivity contribution in [2.24, 2.45) is 0 Å². The van der Waals surface area contributed by atoms with Gasteiger partial charge in [-0.3, -0.25) is 0 Å². The number of nitrogens with one attached hydrogen (secondary N) is 1. The van der Waals surface area contributed by atoms with E-state index in [1.54, 1.807) is 0 Å². The third-order valence-electron chi connectivity index (χ3n) is 2.59. The van der Waals surface area contributed by atoms with Gasteiger partial charge in [0.25, 0.3) is 0 Å². The Bertz CT molecular complexity index is 376. The molecule has 0 bridgehead atoms. The van der Waals surface area contributed by atoms with Gasteiger partial charge in [0.1, 0.15) is 13.2 Å². The second-order valence-corrected chi connectivity index (χ2v) is 3.88. The molecule has 3 nitrogen and oxygen atoms in total. The second kappa shape index (κ2) is 5.03. The zero-order chi connectivity index (χ0) is 11.4. The molecule has 0 amide bonds. The largest absolute Gasteiger partial charge is 0.486 e. The van der Waals surface area contributed by atoms with Gasteiger partial charge in [-0.05, 0) is 24.6 Å². The van der Waals surface area contributed by atoms with Gasteiger partial charge in [-0.15, -0.1) is 6.58 Å². The summed E-state index contributed by atoms with van der Waals surface area (Å²) in [6.45, 7) is 7.89. The number of fused-ring (bicyclic) bond motifs is 1. The van der Waals surface area contributed by atoms with Crippen LogP contribution in [0.15, 0.2) is 30.9 Å². The van der Waals surface area contributed by atoms with E-state index in [0.717, 1.165) is 18.0 Å². The Morgan fingerprint density at radius 1 is 1.38 bits per heavy atom. The molecule has 1 aliphatic heterocycles. The first-order valence-electron chi connectivity index (χ1n) is 5.54. The van der Waals surface area contributed by atoms with E-state index in [2.05, 4.69) is 24.9 Å². The summed E-state index contributed by atoms with van der Waals surface area (Å²) >= 11 is 0. The molecule has 3 heteroatoms. The highest BCUT2D eigenvalue weighted by Crippen LogP contribution is 2.30. The topological polar surface area (TPSA) is 30.5 Å². The molecular weight excluding hydrogens is 202 g/mol. The zero-order valence-corrected chi connectivity index (χ0v) is 9.53. The minimum absolute atomic E-state index is 0.313. The van der Waals surface area contributed by atoms with Gasteiger partial charge in [-0.2, -0.15) is 0 Å². The van der Waals surface area contributed by atoms with Gasteiger partial charge in [-0.25, -0.2) is 0 Å². The van der Waals surface area contributed by atoms with Crippen LogP contribution in [0, 0.1) is 0 Å². The Labute approximate surface area is 96.1 Å². The number of hydrogen-bond donors (Lipinski definition) is 1. The van der Waals surface area contributed by atoms with Crippen LogP contribution in [-0.2, 0) is 6.54 Å². The Balaban J connectivity index is 2.02. The van der Waals surface area contributed by atoms with Crippen LogP contribution >= 0.6 is 0 Å². The molecule has 0 aromatic heterocycles. The van der Waals surface area contributed by atoms with E-state index in [4.69, 9.17) is 9.47 Å². The van der Waals surface area contributed by atoms with Crippen LogP contribution in [0.5, 0.6) is 11.5 Å². The van der Waals surface area contributed by atoms with Crippen molar-refractivity contribution in [3.63, 3.8) is 0 Å². The van der Waals surface area contributed by atoms with Crippen molar-refractivity contribution < 1.29 is 9.47 Å². The molecule has 0 aliphatic carbocycles. The molecule has 86 valence electrons. The van der Waals surface area contributed by atoms with Gasteiger partial charge in [-0.1, -0.05) is 12.1 Å². The molecule has 1 aromatic carbocycles. The molecular formula is C13H17NO2. The minimum atomic E-state index is 0.313. The van der Waals surface area contributed by atoms with Crippen molar-refractivity contribution in [3.8, 4) is 11.5 Å². The fraction of sp³-hybridized carbons (Fsp3) is 0.385. The first kappa shape index (κ1) is 11.0. The molecule has 1 aromatic rings. The molecule has 1 atom stereocenters. The van der Waals surface area contributed by atoms with Gasteiger partial charge in [0.05, 0.1) is 0 Å². The van der Waals surface area contributed by atoms with Crippen LogP contribution in [0.2, 0.25) is 0 Å². The standard InChI is InChI=1S/C13H17NO2/c1-3-10(2)14-9-11-4-5-12-13(8-11)16-7-6-15-12/h3-5,8,10,14H,1,6-7,9H2,2H3. The maximum absolute atomic E-state index is 5.52. The summed E-state index contributed by atoms with van der Waals surface area (Å²) in [4.78, 5) is 0. The fourth-order valence-corrected chi connectivity index (χ4v) is 1.56. The lowest BCUT2D eigenvalue weighted by atomic mass is 10.2. The quantitative estimate of drug-likeness (QED) is 0.787. The monoisotopic (exact) mass is 219 g/mol. The highest BCUT2D eigenvalue weighted by molar-refractivity contribution is 5.43. The normalized spacial score (nSPS) is 15.6. The van der Waals surface area contributed by atoms with Crippen molar-refractivity contribution in [3.05, 3.63) is 36.4 Å². The van der Waals surface area contributed by atoms with Gasteiger partial charge in [0, 0.05) is 12.6 Å². The van der Waals surface area contributed by atoms with Gasteiger partial charge in [0.15, 0.2) is 11.5 Å². The molecule has 0 saturated heterocycles. The smallest absolute Gasteiger partial charge is 0.161 e. The maximum Gasteiger partial charge on any atom is 0.161 e. The summed E-state index contributed by atoms with van der Waals surface area (Å²) in [5.74, 6) is 1.68. The molecule has 0 radical (unpaired) electrons. The Hall–Kier alpha value is -1.48. The van der Waals surface area contributed by atoms with E-state index in [0.29, 0.717) is 19.3 Å². The van der Waals surface area contributed by atoms with E-state index in [-0.39, 0.29) is 0 Å². The molecule has 1 unspecified atom stereocenters. The summed E-state index contributed by atoms with van der Waals surface area (Å²) in [7, 11) is 0. The third-order valence-corrected chi connectivity index (χ3v) is 2.59. The van der Waals surface area contributed by atoms with Gasteiger partial charge >= 0.3 is 0 Å². The van der Waals surface area contributed by atoms with E-state index >= 15 is 0 Å². The van der Waals surface area contributed by atoms with Crippen molar-refractivity contribution in [1.82, 2.24) is 5.32 Å². The average Bonchev–Trinajstić information content (AvgIpc) is 2.35. The van der Waals surface area contributed by atoms with Gasteiger partial charge in [0.2, 0.25) is 0 Å². The summed E-state index contributed by atoms with van der Waals surface area (Å²) in [5.41, 5.74) is 1.19. The predicted molar refractivity (Wildman–Crippen MR) is 63.9 cm³/mol. The first-order chi connectivity index (χ1) is 7.79. The van der Waals surface area contributed by atoms with E-state index in [9.17, 15) is 0 Å². The highest BCUT2D eigenvalue weighted by Gasteiger charge is 2.11. The zero-order valence-electron chi connectivity index (χ0n) is 9.53. The first-order valence-corrected chi connectivity index (χ1v) is 5.54. The van der Waals surface area contributed by atoms with E-state index < -0.39 is 0 Å². The number of ether oxygens (including phenoxy) is 2. The van der Waals surface area contributed by atoms with Crippen molar-refractivity contribution in [2.75, 3.05) is 13.2 Å². The minimum Gasteiger partial charge on any atom is -0.486 e. The predicted octanol–water partition coefficient (Wildman–Crippen LogP) is 2.12. The number of hydrogen-bond acceptors (Lipinski definition) is 3. The molecule has 1 aliphatic rings. The van der Waals surface area contributed by atoms with Crippen molar-refractivity contribution >= 4 is 0 Å². The van der Waals surface area contributed by atoms with Crippen LogP contribution in [-0.4, -0.2) is 19.3 Å². The molecule has 2 rings (SSSR count). The van der Waals surface area contributed by atoms with Crippen LogP contribution < -0.4 is 14.8 Å². The van der Waals surface area contributed by atoms with Crippen molar-refractivity contribution in [1.29, 1.82) is 0 Å². The molecule has 1 heterocycles. The van der Waals surface area contributed by atoms with E-state index in [1.807, 2.05) is 18.2 Å². The van der Waals surface area contributed by atoms with Gasteiger partial charge < -0.3 is 14.8 Å². The summed E-state index contributed by atoms with van der Waals surface area (Å²) in [6.07, 6.45) is 1.89. The molecule has 1 N–H and O–H groups in total. The van der Waals surface area contributed by atoms with Crippen molar-refractivity contribution in [2.45, 2.75) is 19.5 Å². The lowest BCUT2D eigenvalue weighted by Gasteiger charge is -2.19. The third kappa shape index (κ3) is 2.55. The summed E-state index contributed by atoms with van der Waals surface area (Å²) < 4.78 is 11.0. The molecule has 0 spiro atoms. The SMILES string of the molecule is C=CC(C)NCc1ccc2c(c1)OCCO2. The van der Waals surface area contributed by atoms with Crippen LogP contribution in [0.4, 0.5) is 0 Å². The Morgan fingerprint density at radius 2 is 2.12 bits per heavy atom. The highest BCUT2D eigenvalue weighted by atomic mass is 16.6. The van der Waals surface area contributed by atoms with E-state index in [1.165, 1.54) is 5.56 Å². The Kier molecular flexibility index (Phi) is 3.47. The van der Waals surface area contributed by atoms with Crippen LogP contribution in [0.1, 0.15) is 12.5 Å². The van der Waals surface area contributed by atoms with Crippen LogP contribution in [0.25, 0.3) is 0 Å². The molecule has 0 saturated carbocycles. The second-order valence-electron chi connectivity index (χ2n) is 3.88. The lowest BCUT2D eigenvalue weighted by molar-refractivity contribution is 0.171. The maximum atomic E-state index is 5.52. The molecule has 16 heavy (non-hydrogen) atoms. The van der Waals surface area contributed by atoms with Crippen LogP contribution in [0.3, 0.4) is 0 Å². The lowest BCUT2D eigenvalue weighted by Crippen LogP contribution is -2.23. The summed E-state index contributed by atoms with van der Waals surface area (Å²) in [6, 6.07) is 6.35. The molecule has 0 fully saturated rings. The average molecular weight is 219 g/mol. The number of benzene rings is 1. The number of rotatable bonds is 4.